The van der Waals surface area contributed by atoms with Crippen molar-refractivity contribution in [3.8, 4) is 0 Å². The summed E-state index contributed by atoms with van der Waals surface area (Å²) in [5.41, 5.74) is 3.42. The number of rotatable bonds is 7. The maximum Gasteiger partial charge on any atom is 0.181 e. The second-order valence-electron chi connectivity index (χ2n) is 9.92. The van der Waals surface area contributed by atoms with Gasteiger partial charge in [-0.1, -0.05) is 73.9 Å². The summed E-state index contributed by atoms with van der Waals surface area (Å²) in [5, 5.41) is 0. The minimum Gasteiger partial charge on any atom is -0.379 e. The first-order valence-corrected chi connectivity index (χ1v) is 13.1. The van der Waals surface area contributed by atoms with Crippen molar-refractivity contribution in [3.63, 3.8) is 0 Å². The Morgan fingerprint density at radius 3 is 1.94 bits per heavy atom. The van der Waals surface area contributed by atoms with Gasteiger partial charge in [-0.05, 0) is 29.9 Å². The Kier molecular flexibility index (Phi) is 8.07. The lowest BCUT2D eigenvalue weighted by molar-refractivity contribution is -0.0301. The molecule has 0 N–H and O–H groups in total. The zero-order chi connectivity index (χ0) is 23.2. The monoisotopic (exact) mass is 462 g/mol. The van der Waals surface area contributed by atoms with E-state index in [9.17, 15) is 4.79 Å². The van der Waals surface area contributed by atoms with Crippen molar-refractivity contribution in [2.75, 3.05) is 52.6 Å². The Bertz CT molecular complexity index is 899. The Hall–Kier alpha value is -2.05. The van der Waals surface area contributed by atoms with E-state index in [1.165, 1.54) is 43.2 Å². The first-order chi connectivity index (χ1) is 16.8. The van der Waals surface area contributed by atoms with Gasteiger partial charge < -0.3 is 9.47 Å². The van der Waals surface area contributed by atoms with Crippen LogP contribution in [0.1, 0.15) is 65.5 Å². The van der Waals surface area contributed by atoms with E-state index in [0.29, 0.717) is 32.3 Å². The number of ketones is 1. The summed E-state index contributed by atoms with van der Waals surface area (Å²) in [6.45, 7) is 6.02. The Morgan fingerprint density at radius 2 is 1.32 bits per heavy atom. The fraction of sp³-hybridized carbons (Fsp3) is 0.552. The van der Waals surface area contributed by atoms with Gasteiger partial charge in [-0.2, -0.15) is 0 Å². The SMILES string of the molecule is O=C(c1ccc(C2CCCCC2)cc1)[C@@H]([C@@H](c1ccccc1)N1CCOCC1)N1CCOCC1. The molecule has 2 aromatic rings. The summed E-state index contributed by atoms with van der Waals surface area (Å²) in [6, 6.07) is 18.9. The van der Waals surface area contributed by atoms with Crippen LogP contribution in [0.15, 0.2) is 54.6 Å². The number of hydrogen-bond donors (Lipinski definition) is 0. The molecule has 0 bridgehead atoms. The smallest absolute Gasteiger partial charge is 0.181 e. The highest BCUT2D eigenvalue weighted by Crippen LogP contribution is 2.34. The molecule has 3 fully saturated rings. The van der Waals surface area contributed by atoms with E-state index < -0.39 is 0 Å². The normalized spacial score (nSPS) is 22.8. The zero-order valence-corrected chi connectivity index (χ0v) is 20.2. The summed E-state index contributed by atoms with van der Waals surface area (Å²) in [4.78, 5) is 19.1. The lowest BCUT2D eigenvalue weighted by atomic mass is 9.83. The molecule has 2 aliphatic heterocycles. The number of morpholine rings is 2. The van der Waals surface area contributed by atoms with Crippen LogP contribution in [-0.2, 0) is 9.47 Å². The number of nitrogens with zero attached hydrogens (tertiary/aromatic N) is 2. The molecule has 182 valence electrons. The first-order valence-electron chi connectivity index (χ1n) is 13.1. The van der Waals surface area contributed by atoms with Crippen molar-refractivity contribution >= 4 is 5.78 Å². The Labute approximate surface area is 204 Å². The predicted molar refractivity (Wildman–Crippen MR) is 134 cm³/mol. The van der Waals surface area contributed by atoms with Gasteiger partial charge in [-0.3, -0.25) is 14.6 Å². The summed E-state index contributed by atoms with van der Waals surface area (Å²) in [5.74, 6) is 0.871. The first kappa shape index (κ1) is 23.7. The largest absolute Gasteiger partial charge is 0.379 e. The third kappa shape index (κ3) is 5.44. The molecule has 5 nitrogen and oxygen atoms in total. The number of carbonyl (C=O) groups excluding carboxylic acids is 1. The number of ether oxygens (including phenoxy) is 2. The predicted octanol–water partition coefficient (Wildman–Crippen LogP) is 4.69. The summed E-state index contributed by atoms with van der Waals surface area (Å²) in [6.07, 6.45) is 6.55. The highest BCUT2D eigenvalue weighted by atomic mass is 16.5. The van der Waals surface area contributed by atoms with Gasteiger partial charge in [0.2, 0.25) is 0 Å². The van der Waals surface area contributed by atoms with Crippen LogP contribution < -0.4 is 0 Å². The average molecular weight is 463 g/mol. The summed E-state index contributed by atoms with van der Waals surface area (Å²) < 4.78 is 11.3. The second kappa shape index (κ2) is 11.6. The van der Waals surface area contributed by atoms with Crippen LogP contribution in [-0.4, -0.2) is 74.2 Å². The van der Waals surface area contributed by atoms with Gasteiger partial charge in [0.05, 0.1) is 38.5 Å². The van der Waals surface area contributed by atoms with E-state index in [0.717, 1.165) is 31.7 Å². The fourth-order valence-corrected chi connectivity index (χ4v) is 5.99. The molecule has 0 radical (unpaired) electrons. The highest BCUT2D eigenvalue weighted by molar-refractivity contribution is 6.00. The van der Waals surface area contributed by atoms with E-state index in [-0.39, 0.29) is 17.9 Å². The molecule has 2 saturated heterocycles. The third-order valence-electron chi connectivity index (χ3n) is 7.86. The second-order valence-corrected chi connectivity index (χ2v) is 9.92. The fourth-order valence-electron chi connectivity index (χ4n) is 5.99. The molecule has 1 aliphatic carbocycles. The van der Waals surface area contributed by atoms with Crippen LogP contribution >= 0.6 is 0 Å². The van der Waals surface area contributed by atoms with Crippen LogP contribution in [0.2, 0.25) is 0 Å². The van der Waals surface area contributed by atoms with Gasteiger partial charge in [0.25, 0.3) is 0 Å². The number of hydrogen-bond acceptors (Lipinski definition) is 5. The van der Waals surface area contributed by atoms with Crippen molar-refractivity contribution in [1.82, 2.24) is 9.80 Å². The average Bonchev–Trinajstić information content (AvgIpc) is 2.93. The Balaban J connectivity index is 1.47. The van der Waals surface area contributed by atoms with Crippen LogP contribution in [0.4, 0.5) is 0 Å². The highest BCUT2D eigenvalue weighted by Gasteiger charge is 2.39. The van der Waals surface area contributed by atoms with Gasteiger partial charge in [0.1, 0.15) is 0 Å². The van der Waals surface area contributed by atoms with E-state index in [2.05, 4.69) is 64.4 Å². The van der Waals surface area contributed by atoms with Gasteiger partial charge in [-0.15, -0.1) is 0 Å². The molecule has 2 heterocycles. The minimum absolute atomic E-state index is 0.00581. The van der Waals surface area contributed by atoms with Crippen LogP contribution in [0.25, 0.3) is 0 Å². The molecule has 1 saturated carbocycles. The van der Waals surface area contributed by atoms with Crippen LogP contribution in [0, 0.1) is 0 Å². The molecule has 0 unspecified atom stereocenters. The number of benzene rings is 2. The van der Waals surface area contributed by atoms with Crippen molar-refractivity contribution < 1.29 is 14.3 Å². The van der Waals surface area contributed by atoms with Gasteiger partial charge >= 0.3 is 0 Å². The standard InChI is InChI=1S/C29H38N2O3/c32-29(26-13-11-24(12-14-26)23-7-3-1-4-8-23)28(31-17-21-34-22-18-31)27(25-9-5-2-6-10-25)30-15-19-33-20-16-30/h2,5-6,9-14,23,27-28H,1,3-4,7-8,15-22H2/t27-,28-/m1/s1. The van der Waals surface area contributed by atoms with E-state index in [1.807, 2.05) is 0 Å². The summed E-state index contributed by atoms with van der Waals surface area (Å²) in [7, 11) is 0. The van der Waals surface area contributed by atoms with E-state index in [1.54, 1.807) is 0 Å². The van der Waals surface area contributed by atoms with E-state index in [4.69, 9.17) is 9.47 Å². The number of carbonyl (C=O) groups is 1. The lowest BCUT2D eigenvalue weighted by Crippen LogP contribution is -2.55. The molecule has 5 heteroatoms. The maximum absolute atomic E-state index is 14.2. The van der Waals surface area contributed by atoms with Gasteiger partial charge in [-0.25, -0.2) is 0 Å². The third-order valence-corrected chi connectivity index (χ3v) is 7.86. The molecule has 2 atom stereocenters. The summed E-state index contributed by atoms with van der Waals surface area (Å²) >= 11 is 0. The van der Waals surface area contributed by atoms with Crippen LogP contribution in [0.3, 0.4) is 0 Å². The molecule has 0 spiro atoms. The number of Topliss-reactive ketones (excluding diaryl/α,β-unsaturated/α-hetero) is 1. The molecule has 34 heavy (non-hydrogen) atoms. The molecular formula is C29H38N2O3. The van der Waals surface area contributed by atoms with Crippen molar-refractivity contribution in [3.05, 3.63) is 71.3 Å². The molecule has 3 aliphatic rings. The Morgan fingerprint density at radius 1 is 0.735 bits per heavy atom. The van der Waals surface area contributed by atoms with Crippen molar-refractivity contribution in [2.24, 2.45) is 0 Å². The topological polar surface area (TPSA) is 42.0 Å². The minimum atomic E-state index is -0.245. The van der Waals surface area contributed by atoms with Gasteiger partial charge in [0, 0.05) is 31.7 Å². The molecule has 2 aromatic carbocycles. The molecular weight excluding hydrogens is 424 g/mol. The molecule has 0 amide bonds. The zero-order valence-electron chi connectivity index (χ0n) is 20.2. The lowest BCUT2D eigenvalue weighted by Gasteiger charge is -2.44. The van der Waals surface area contributed by atoms with E-state index >= 15 is 0 Å². The van der Waals surface area contributed by atoms with Crippen molar-refractivity contribution in [2.45, 2.75) is 50.1 Å². The maximum atomic E-state index is 14.2. The molecule has 0 aromatic heterocycles. The van der Waals surface area contributed by atoms with Crippen molar-refractivity contribution in [1.29, 1.82) is 0 Å². The van der Waals surface area contributed by atoms with Crippen LogP contribution in [0.5, 0.6) is 0 Å². The van der Waals surface area contributed by atoms with Gasteiger partial charge in [0.15, 0.2) is 5.78 Å². The molecule has 5 rings (SSSR count). The quantitative estimate of drug-likeness (QED) is 0.559.